The number of rotatable bonds is 3. The Bertz CT molecular complexity index is 1190. The molecule has 1 aromatic carbocycles. The van der Waals surface area contributed by atoms with E-state index in [0.717, 1.165) is 12.1 Å². The minimum Gasteiger partial charge on any atom is -0.319 e. The fourth-order valence-corrected chi connectivity index (χ4v) is 3.77. The highest BCUT2D eigenvalue weighted by molar-refractivity contribution is 7.59. The molecule has 1 atom stereocenters. The van der Waals surface area contributed by atoms with E-state index in [2.05, 4.69) is 15.4 Å². The van der Waals surface area contributed by atoms with Gasteiger partial charge in [-0.3, -0.25) is 19.3 Å². The molecule has 174 valence electrons. The van der Waals surface area contributed by atoms with E-state index in [1.54, 1.807) is 26.0 Å². The molecule has 3 aromatic rings. The third-order valence-electron chi connectivity index (χ3n) is 5.21. The summed E-state index contributed by atoms with van der Waals surface area (Å²) in [4.78, 5) is 31.6. The van der Waals surface area contributed by atoms with Crippen LogP contribution in [0.2, 0.25) is 0 Å². The Morgan fingerprint density at radius 2 is 1.73 bits per heavy atom. The van der Waals surface area contributed by atoms with Gasteiger partial charge in [0.1, 0.15) is 0 Å². The van der Waals surface area contributed by atoms with Crippen LogP contribution < -0.4 is 10.2 Å². The molecule has 0 unspecified atom stereocenters. The lowest BCUT2D eigenvalue weighted by atomic mass is 10.1. The molecule has 1 aliphatic heterocycles. The normalized spacial score (nSPS) is 15.6. The minimum absolute atomic E-state index is 0. The number of carbonyl (C=O) groups is 2. The van der Waals surface area contributed by atoms with Gasteiger partial charge in [0, 0.05) is 29.2 Å². The third-order valence-corrected chi connectivity index (χ3v) is 5.21. The average molecular weight is 478 g/mol. The quantitative estimate of drug-likeness (QED) is 0.603. The topological polar surface area (TPSA) is 80.1 Å². The molecule has 0 aliphatic carbocycles. The predicted molar refractivity (Wildman–Crippen MR) is 122 cm³/mol. The maximum Gasteiger partial charge on any atom is 0.416 e. The highest BCUT2D eigenvalue weighted by Gasteiger charge is 2.35. The minimum atomic E-state index is -4.46. The summed E-state index contributed by atoms with van der Waals surface area (Å²) in [6.45, 7) is 5.62. The summed E-state index contributed by atoms with van der Waals surface area (Å²) in [6.07, 6.45) is -3.06. The van der Waals surface area contributed by atoms with E-state index in [-0.39, 0.29) is 37.5 Å². The number of fused-ring (bicyclic) bond motifs is 1. The van der Waals surface area contributed by atoms with E-state index in [4.69, 9.17) is 0 Å². The summed E-state index contributed by atoms with van der Waals surface area (Å²) in [5, 5.41) is 6.96. The van der Waals surface area contributed by atoms with Crippen molar-refractivity contribution in [2.45, 2.75) is 33.0 Å². The van der Waals surface area contributed by atoms with Crippen molar-refractivity contribution >= 4 is 36.7 Å². The second-order valence-corrected chi connectivity index (χ2v) is 7.75. The number of nitrogens with one attached hydrogen (secondary N) is 1. The Kier molecular flexibility index (Phi) is 6.55. The first-order valence-corrected chi connectivity index (χ1v) is 9.88. The van der Waals surface area contributed by atoms with Crippen LogP contribution in [0.4, 0.5) is 24.5 Å². The van der Waals surface area contributed by atoms with Gasteiger partial charge in [-0.05, 0) is 57.2 Å². The van der Waals surface area contributed by atoms with Crippen LogP contribution in [-0.4, -0.2) is 33.1 Å². The molecule has 33 heavy (non-hydrogen) atoms. The summed E-state index contributed by atoms with van der Waals surface area (Å²) in [7, 11) is 0. The first-order chi connectivity index (χ1) is 15.0. The number of halogens is 3. The van der Waals surface area contributed by atoms with Gasteiger partial charge in [-0.25, -0.2) is 0 Å². The number of carbonyl (C=O) groups excluding carboxylic acids is 2. The van der Waals surface area contributed by atoms with E-state index in [1.165, 1.54) is 27.9 Å². The molecule has 0 fully saturated rings. The van der Waals surface area contributed by atoms with Crippen molar-refractivity contribution in [3.05, 3.63) is 70.8 Å². The van der Waals surface area contributed by atoms with Gasteiger partial charge >= 0.3 is 6.18 Å². The summed E-state index contributed by atoms with van der Waals surface area (Å²) < 4.78 is 40.2. The van der Waals surface area contributed by atoms with Crippen molar-refractivity contribution in [3.8, 4) is 0 Å². The molecule has 0 saturated carbocycles. The zero-order chi connectivity index (χ0) is 23.2. The maximum atomic E-state index is 13.2. The fraction of sp³-hybridized carbons (Fsp3) is 0.273. The fourth-order valence-electron chi connectivity index (χ4n) is 3.77. The van der Waals surface area contributed by atoms with Crippen molar-refractivity contribution in [3.63, 3.8) is 0 Å². The van der Waals surface area contributed by atoms with Crippen molar-refractivity contribution in [1.82, 2.24) is 14.8 Å². The number of pyridine rings is 1. The molecule has 0 radical (unpaired) electrons. The highest BCUT2D eigenvalue weighted by Crippen LogP contribution is 2.33. The van der Waals surface area contributed by atoms with Gasteiger partial charge in [-0.1, -0.05) is 0 Å². The first kappa shape index (κ1) is 24.3. The van der Waals surface area contributed by atoms with Crippen LogP contribution in [0.1, 0.15) is 50.8 Å². The molecule has 11 heteroatoms. The number of benzene rings is 1. The van der Waals surface area contributed by atoms with Gasteiger partial charge in [0.25, 0.3) is 11.8 Å². The van der Waals surface area contributed by atoms with Crippen LogP contribution in [-0.2, 0) is 6.18 Å². The molecule has 4 rings (SSSR count). The highest BCUT2D eigenvalue weighted by atomic mass is 32.1. The molecule has 2 aromatic heterocycles. The van der Waals surface area contributed by atoms with Crippen LogP contribution in [0.25, 0.3) is 0 Å². The van der Waals surface area contributed by atoms with Gasteiger partial charge in [-0.15, -0.1) is 0 Å². The number of nitrogens with zero attached hydrogens (tertiary/aromatic N) is 4. The Morgan fingerprint density at radius 1 is 1.12 bits per heavy atom. The first-order valence-electron chi connectivity index (χ1n) is 9.88. The molecule has 2 amide bonds. The van der Waals surface area contributed by atoms with Crippen molar-refractivity contribution in [2.75, 3.05) is 16.8 Å². The lowest BCUT2D eigenvalue weighted by molar-refractivity contribution is -0.137. The number of amides is 2. The van der Waals surface area contributed by atoms with E-state index >= 15 is 0 Å². The summed E-state index contributed by atoms with van der Waals surface area (Å²) in [6, 6.07) is 7.43. The van der Waals surface area contributed by atoms with Crippen molar-refractivity contribution < 1.29 is 22.8 Å². The largest absolute Gasteiger partial charge is 0.416 e. The van der Waals surface area contributed by atoms with Gasteiger partial charge in [0.15, 0.2) is 5.69 Å². The maximum absolute atomic E-state index is 13.2. The Labute approximate surface area is 195 Å². The molecule has 1 aliphatic rings. The van der Waals surface area contributed by atoms with Gasteiger partial charge < -0.3 is 10.2 Å². The summed E-state index contributed by atoms with van der Waals surface area (Å²) in [5.41, 5.74) is 1.70. The number of anilines is 2. The van der Waals surface area contributed by atoms with Gasteiger partial charge in [-0.2, -0.15) is 31.8 Å². The standard InChI is InChI=1S/C22H20F3N5O2.H2S/c1-12-8-15(9-13(2)27-12)20(31)28-18-10-26-30-14(3)11-29(21(32)19(18)30)17-6-4-16(5-7-17)22(23,24)25;/h4-10,14H,11H2,1-3H3,(H,28,31);1H2/t14-;/m0./s1. The molecule has 1 N–H and O–H groups in total. The molecule has 0 spiro atoms. The van der Waals surface area contributed by atoms with E-state index in [9.17, 15) is 22.8 Å². The number of aryl methyl sites for hydroxylation is 2. The molecular weight excluding hydrogens is 455 g/mol. The predicted octanol–water partition coefficient (Wildman–Crippen LogP) is 4.50. The molecule has 7 nitrogen and oxygen atoms in total. The number of aromatic nitrogens is 3. The summed E-state index contributed by atoms with van der Waals surface area (Å²) >= 11 is 0. The number of hydrogen-bond acceptors (Lipinski definition) is 4. The van der Waals surface area contributed by atoms with Gasteiger partial charge in [0.2, 0.25) is 0 Å². The van der Waals surface area contributed by atoms with E-state index < -0.39 is 23.6 Å². The zero-order valence-electron chi connectivity index (χ0n) is 18.1. The second-order valence-electron chi connectivity index (χ2n) is 7.75. The van der Waals surface area contributed by atoms with Crippen LogP contribution in [0, 0.1) is 13.8 Å². The average Bonchev–Trinajstić information content (AvgIpc) is 3.14. The molecule has 3 heterocycles. The zero-order valence-corrected chi connectivity index (χ0v) is 19.1. The number of alkyl halides is 3. The Balaban J connectivity index is 0.00000306. The SMILES string of the molecule is Cc1cc(C(=O)Nc2cnn3c2C(=O)N(c2ccc(C(F)(F)F)cc2)C[C@@H]3C)cc(C)n1.S. The third kappa shape index (κ3) is 4.72. The van der Waals surface area contributed by atoms with Crippen LogP contribution in [0.5, 0.6) is 0 Å². The molecular formula is C22H22F3N5O2S. The van der Waals surface area contributed by atoms with Crippen LogP contribution in [0.15, 0.2) is 42.6 Å². The van der Waals surface area contributed by atoms with Crippen LogP contribution >= 0.6 is 13.5 Å². The Hall–Kier alpha value is -3.34. The van der Waals surface area contributed by atoms with Crippen molar-refractivity contribution in [1.29, 1.82) is 0 Å². The monoisotopic (exact) mass is 477 g/mol. The van der Waals surface area contributed by atoms with Crippen LogP contribution in [0.3, 0.4) is 0 Å². The summed E-state index contributed by atoms with van der Waals surface area (Å²) in [5.74, 6) is -0.876. The smallest absolute Gasteiger partial charge is 0.319 e. The van der Waals surface area contributed by atoms with Gasteiger partial charge in [0.05, 0.1) is 23.5 Å². The lowest BCUT2D eigenvalue weighted by Crippen LogP contribution is -2.43. The lowest BCUT2D eigenvalue weighted by Gasteiger charge is -2.32. The van der Waals surface area contributed by atoms with E-state index in [0.29, 0.717) is 22.6 Å². The molecule has 0 bridgehead atoms. The second kappa shape index (κ2) is 8.89. The number of hydrogen-bond donors (Lipinski definition) is 1. The van der Waals surface area contributed by atoms with Crippen molar-refractivity contribution in [2.24, 2.45) is 0 Å². The molecule has 0 saturated heterocycles. The van der Waals surface area contributed by atoms with E-state index in [1.807, 2.05) is 6.92 Å². The Morgan fingerprint density at radius 3 is 2.30 bits per heavy atom.